The van der Waals surface area contributed by atoms with E-state index in [2.05, 4.69) is 52.8 Å². The maximum Gasteiger partial charge on any atom is 0.228 e. The molecule has 1 aromatic carbocycles. The molecular weight excluding hydrogens is 499 g/mol. The van der Waals surface area contributed by atoms with Gasteiger partial charge in [0, 0.05) is 25.6 Å². The van der Waals surface area contributed by atoms with Gasteiger partial charge in [-0.05, 0) is 110 Å². The lowest BCUT2D eigenvalue weighted by Gasteiger charge is -2.21. The monoisotopic (exact) mass is 538 g/mol. The van der Waals surface area contributed by atoms with E-state index in [1.54, 1.807) is 19.2 Å². The molecule has 1 fully saturated rings. The van der Waals surface area contributed by atoms with Crippen molar-refractivity contribution in [3.63, 3.8) is 0 Å². The first kappa shape index (κ1) is 27.9. The standard InChI is InChI=1S/C35H39FN2O2/c1-24-18-27(14-16-34(24)36)32-11-4-2-3-5-12-33(32)28-13-15-30-21-26(19-28)20-29(23-38-30)35(40)37-17-7-9-25-8-6-10-31(39)22-25/h2-3,5,12-16,18-19,21,23,25-26,29H,4,6-11,17,20,22H2,1H3,(H,37,40)/b3-2?,12-5-,33-32?. The molecule has 3 unspecified atom stereocenters. The number of ketones is 1. The Hall–Kier alpha value is -3.60. The highest BCUT2D eigenvalue weighted by Gasteiger charge is 2.25. The molecule has 1 aliphatic heterocycles. The van der Waals surface area contributed by atoms with E-state index in [0.29, 0.717) is 36.7 Å². The van der Waals surface area contributed by atoms with Crippen molar-refractivity contribution in [1.29, 1.82) is 0 Å². The van der Waals surface area contributed by atoms with Crippen LogP contribution >= 0.6 is 0 Å². The molecule has 40 heavy (non-hydrogen) atoms. The van der Waals surface area contributed by atoms with Gasteiger partial charge in [-0.3, -0.25) is 14.6 Å². The lowest BCUT2D eigenvalue weighted by molar-refractivity contribution is -0.123. The number of nitrogens with zero attached hydrogens (tertiary/aromatic N) is 1. The Kier molecular flexibility index (Phi) is 9.20. The Balaban J connectivity index is 1.30. The van der Waals surface area contributed by atoms with Crippen LogP contribution in [-0.2, 0) is 9.59 Å². The highest BCUT2D eigenvalue weighted by Crippen LogP contribution is 2.35. The van der Waals surface area contributed by atoms with Gasteiger partial charge < -0.3 is 5.32 Å². The smallest absolute Gasteiger partial charge is 0.228 e. The Morgan fingerprint density at radius 3 is 2.88 bits per heavy atom. The molecular formula is C35H39FN2O2. The third-order valence-corrected chi connectivity index (χ3v) is 8.36. The Morgan fingerprint density at radius 1 is 1.12 bits per heavy atom. The summed E-state index contributed by atoms with van der Waals surface area (Å²) >= 11 is 0. The van der Waals surface area contributed by atoms with E-state index in [1.807, 2.05) is 18.2 Å². The molecule has 3 aliphatic carbocycles. The fourth-order valence-electron chi connectivity index (χ4n) is 6.18. The van der Waals surface area contributed by atoms with Crippen LogP contribution in [0.2, 0.25) is 0 Å². The number of aliphatic imine (C=N–C) groups is 1. The lowest BCUT2D eigenvalue weighted by Crippen LogP contribution is -2.33. The van der Waals surface area contributed by atoms with Crippen molar-refractivity contribution in [2.24, 2.45) is 22.7 Å². The molecule has 5 heteroatoms. The molecule has 4 nitrogen and oxygen atoms in total. The van der Waals surface area contributed by atoms with Crippen LogP contribution in [0.5, 0.6) is 0 Å². The third-order valence-electron chi connectivity index (χ3n) is 8.36. The molecule has 4 aliphatic rings. The lowest BCUT2D eigenvalue weighted by atomic mass is 9.85. The minimum Gasteiger partial charge on any atom is -0.356 e. The van der Waals surface area contributed by atoms with Crippen molar-refractivity contribution in [2.75, 3.05) is 6.54 Å². The van der Waals surface area contributed by atoms with Crippen LogP contribution in [0.3, 0.4) is 0 Å². The van der Waals surface area contributed by atoms with Crippen LogP contribution in [0.15, 0.2) is 88.6 Å². The van der Waals surface area contributed by atoms with E-state index >= 15 is 0 Å². The largest absolute Gasteiger partial charge is 0.356 e. The highest BCUT2D eigenvalue weighted by molar-refractivity contribution is 5.94. The van der Waals surface area contributed by atoms with E-state index in [-0.39, 0.29) is 23.6 Å². The number of halogens is 1. The summed E-state index contributed by atoms with van der Waals surface area (Å²) < 4.78 is 14.1. The Labute approximate surface area is 237 Å². The number of allylic oxidation sites excluding steroid dienone is 11. The van der Waals surface area contributed by atoms with E-state index in [0.717, 1.165) is 67.4 Å². The maximum absolute atomic E-state index is 14.1. The highest BCUT2D eigenvalue weighted by atomic mass is 19.1. The fraction of sp³-hybridized carbons (Fsp3) is 0.400. The van der Waals surface area contributed by atoms with E-state index in [1.165, 1.54) is 5.57 Å². The molecule has 2 bridgehead atoms. The first-order valence-corrected chi connectivity index (χ1v) is 14.7. The first-order valence-electron chi connectivity index (χ1n) is 14.7. The summed E-state index contributed by atoms with van der Waals surface area (Å²) in [5, 5.41) is 3.12. The van der Waals surface area contributed by atoms with Gasteiger partial charge in [-0.15, -0.1) is 0 Å². The van der Waals surface area contributed by atoms with E-state index < -0.39 is 0 Å². The number of carbonyl (C=O) groups excluding carboxylic acids is 2. The van der Waals surface area contributed by atoms with Crippen molar-refractivity contribution in [3.8, 4) is 0 Å². The number of amides is 1. The van der Waals surface area contributed by atoms with Crippen LogP contribution in [0, 0.1) is 30.5 Å². The molecule has 3 atom stereocenters. The van der Waals surface area contributed by atoms with Gasteiger partial charge in [0.2, 0.25) is 5.91 Å². The fourth-order valence-corrected chi connectivity index (χ4v) is 6.18. The molecule has 1 heterocycles. The summed E-state index contributed by atoms with van der Waals surface area (Å²) in [5.41, 5.74) is 5.95. The van der Waals surface area contributed by atoms with Gasteiger partial charge in [-0.2, -0.15) is 0 Å². The van der Waals surface area contributed by atoms with Gasteiger partial charge in [0.05, 0.1) is 11.6 Å². The topological polar surface area (TPSA) is 58.5 Å². The quantitative estimate of drug-likeness (QED) is 0.365. The number of rotatable bonds is 7. The maximum atomic E-state index is 14.1. The van der Waals surface area contributed by atoms with Crippen molar-refractivity contribution < 1.29 is 14.0 Å². The van der Waals surface area contributed by atoms with Crippen molar-refractivity contribution >= 4 is 23.5 Å². The summed E-state index contributed by atoms with van der Waals surface area (Å²) in [6.07, 6.45) is 26.6. The number of Topliss-reactive ketones (excluding diaryl/α,β-unsaturated/α-hetero) is 1. The zero-order chi connectivity index (χ0) is 27.9. The minimum absolute atomic E-state index is 0.0142. The SMILES string of the molecule is Cc1cc(C2=C(C3=CC4C=C(C=C3)N=CC(C(=O)NCCCC3CCCC(=O)C3)C4)/C=C\C=CCC2)ccc1F. The second kappa shape index (κ2) is 13.2. The van der Waals surface area contributed by atoms with Gasteiger partial charge >= 0.3 is 0 Å². The molecule has 1 N–H and O–H groups in total. The number of nitrogens with one attached hydrogen (secondary N) is 1. The summed E-state index contributed by atoms with van der Waals surface area (Å²) in [6, 6.07) is 5.36. The van der Waals surface area contributed by atoms with Crippen LogP contribution in [0.25, 0.3) is 5.57 Å². The van der Waals surface area contributed by atoms with Crippen LogP contribution in [0.1, 0.15) is 68.9 Å². The molecule has 5 rings (SSSR count). The Morgan fingerprint density at radius 2 is 2.02 bits per heavy atom. The zero-order valence-corrected chi connectivity index (χ0v) is 23.4. The first-order chi connectivity index (χ1) is 19.5. The van der Waals surface area contributed by atoms with Crippen LogP contribution in [-0.4, -0.2) is 24.4 Å². The number of carbonyl (C=O) groups is 2. The molecule has 0 radical (unpaired) electrons. The summed E-state index contributed by atoms with van der Waals surface area (Å²) in [4.78, 5) is 29.5. The number of fused-ring (bicyclic) bond motifs is 1. The Bertz CT molecular complexity index is 1360. The van der Waals surface area contributed by atoms with Gasteiger partial charge in [0.1, 0.15) is 11.6 Å². The second-order valence-corrected chi connectivity index (χ2v) is 11.4. The van der Waals surface area contributed by atoms with Crippen molar-refractivity contribution in [3.05, 3.63) is 101 Å². The summed E-state index contributed by atoms with van der Waals surface area (Å²) in [7, 11) is 0. The predicted molar refractivity (Wildman–Crippen MR) is 160 cm³/mol. The van der Waals surface area contributed by atoms with E-state index in [9.17, 15) is 14.0 Å². The number of hydrogen-bond acceptors (Lipinski definition) is 3. The van der Waals surface area contributed by atoms with Crippen molar-refractivity contribution in [1.82, 2.24) is 5.32 Å². The van der Waals surface area contributed by atoms with Gasteiger partial charge in [-0.25, -0.2) is 4.39 Å². The van der Waals surface area contributed by atoms with Crippen molar-refractivity contribution in [2.45, 2.75) is 64.7 Å². The predicted octanol–water partition coefficient (Wildman–Crippen LogP) is 7.54. The molecule has 1 aromatic rings. The molecule has 0 aromatic heterocycles. The average Bonchev–Trinajstić information content (AvgIpc) is 3.26. The van der Waals surface area contributed by atoms with Crippen LogP contribution in [0.4, 0.5) is 4.39 Å². The number of hydrogen-bond donors (Lipinski definition) is 1. The minimum atomic E-state index is -0.303. The summed E-state index contributed by atoms with van der Waals surface area (Å²) in [6.45, 7) is 2.44. The average molecular weight is 539 g/mol. The third kappa shape index (κ3) is 7.12. The van der Waals surface area contributed by atoms with Crippen LogP contribution < -0.4 is 5.32 Å². The molecule has 1 amide bonds. The van der Waals surface area contributed by atoms with Gasteiger partial charge in [-0.1, -0.05) is 48.6 Å². The molecule has 208 valence electrons. The molecule has 1 saturated carbocycles. The molecule has 0 saturated heterocycles. The number of benzene rings is 1. The summed E-state index contributed by atoms with van der Waals surface area (Å²) in [5.74, 6) is 0.433. The normalized spacial score (nSPS) is 25.4. The van der Waals surface area contributed by atoms with E-state index in [4.69, 9.17) is 0 Å². The van der Waals surface area contributed by atoms with Gasteiger partial charge in [0.25, 0.3) is 0 Å². The second-order valence-electron chi connectivity index (χ2n) is 11.4. The number of aryl methyl sites for hydroxylation is 1. The molecule has 0 spiro atoms. The zero-order valence-electron chi connectivity index (χ0n) is 23.4. The van der Waals surface area contributed by atoms with Gasteiger partial charge in [0.15, 0.2) is 0 Å².